The van der Waals surface area contributed by atoms with Crippen LogP contribution in [0.15, 0.2) is 60.7 Å². The fourth-order valence-electron chi connectivity index (χ4n) is 3.87. The number of ether oxygens (including phenoxy) is 1. The summed E-state index contributed by atoms with van der Waals surface area (Å²) in [6.45, 7) is 2.43. The Morgan fingerprint density at radius 1 is 1.03 bits per heavy atom. The summed E-state index contributed by atoms with van der Waals surface area (Å²) in [6, 6.07) is 19.7. The van der Waals surface area contributed by atoms with Crippen molar-refractivity contribution in [1.29, 1.82) is 0 Å². The molecule has 1 heterocycles. The van der Waals surface area contributed by atoms with Crippen molar-refractivity contribution in [2.75, 3.05) is 24.6 Å². The number of hydrogen-bond donors (Lipinski definition) is 0. The van der Waals surface area contributed by atoms with E-state index in [0.717, 1.165) is 19.9 Å². The van der Waals surface area contributed by atoms with Gasteiger partial charge in [-0.15, -0.1) is 0 Å². The lowest BCUT2D eigenvalue weighted by Crippen LogP contribution is -2.40. The van der Waals surface area contributed by atoms with E-state index in [1.54, 1.807) is 17.9 Å². The quantitative estimate of drug-likeness (QED) is 0.343. The van der Waals surface area contributed by atoms with E-state index >= 15 is 0 Å². The highest BCUT2D eigenvalue weighted by molar-refractivity contribution is 14.1. The molecule has 0 spiro atoms. The maximum atomic E-state index is 13.3. The van der Waals surface area contributed by atoms with Gasteiger partial charge in [-0.05, 0) is 70.1 Å². The molecule has 0 N–H and O–H groups in total. The van der Waals surface area contributed by atoms with Gasteiger partial charge in [-0.25, -0.2) is 0 Å². The van der Waals surface area contributed by atoms with Crippen LogP contribution in [-0.4, -0.2) is 42.4 Å². The monoisotopic (exact) mass is 542 g/mol. The molecule has 0 saturated heterocycles. The molecule has 2 amide bonds. The van der Waals surface area contributed by atoms with Gasteiger partial charge in [-0.3, -0.25) is 14.4 Å². The first kappa shape index (κ1) is 22.3. The van der Waals surface area contributed by atoms with E-state index in [4.69, 9.17) is 4.74 Å². The van der Waals surface area contributed by atoms with E-state index in [-0.39, 0.29) is 43.9 Å². The molecule has 1 aliphatic rings. The van der Waals surface area contributed by atoms with Gasteiger partial charge in [-0.2, -0.15) is 0 Å². The average Bonchev–Trinajstić information content (AvgIpc) is 2.88. The number of carbonyl (C=O) groups is 3. The molecule has 0 radical (unpaired) electrons. The molecule has 0 atom stereocenters. The summed E-state index contributed by atoms with van der Waals surface area (Å²) in [4.78, 5) is 41.5. The van der Waals surface area contributed by atoms with Crippen LogP contribution in [-0.2, 0) is 20.9 Å². The van der Waals surface area contributed by atoms with Gasteiger partial charge >= 0.3 is 5.97 Å². The normalized spacial score (nSPS) is 13.8. The molecular formula is C25H23IN2O4. The molecule has 0 fully saturated rings. The van der Waals surface area contributed by atoms with Gasteiger partial charge in [0, 0.05) is 10.1 Å². The molecule has 164 valence electrons. The number of esters is 1. The second-order valence-electron chi connectivity index (χ2n) is 7.60. The van der Waals surface area contributed by atoms with Crippen LogP contribution < -0.4 is 4.90 Å². The lowest BCUT2D eigenvalue weighted by Gasteiger charge is -2.23. The largest absolute Gasteiger partial charge is 0.466 e. The molecule has 0 aliphatic carbocycles. The van der Waals surface area contributed by atoms with Crippen molar-refractivity contribution in [2.45, 2.75) is 19.9 Å². The molecule has 32 heavy (non-hydrogen) atoms. The molecule has 1 aliphatic heterocycles. The fraction of sp³-hybridized carbons (Fsp3) is 0.240. The van der Waals surface area contributed by atoms with Crippen LogP contribution in [0, 0.1) is 3.57 Å². The SMILES string of the molecule is CCOC(=O)CCN1CC(=O)N(Cc2ccc3ccccc3c2)c2ccc(I)cc2C1=O. The van der Waals surface area contributed by atoms with E-state index < -0.39 is 0 Å². The van der Waals surface area contributed by atoms with Crippen molar-refractivity contribution in [2.24, 2.45) is 0 Å². The van der Waals surface area contributed by atoms with Gasteiger partial charge in [0.25, 0.3) is 5.91 Å². The van der Waals surface area contributed by atoms with Crippen LogP contribution in [0.25, 0.3) is 10.8 Å². The zero-order valence-corrected chi connectivity index (χ0v) is 19.9. The van der Waals surface area contributed by atoms with Crippen LogP contribution in [0.2, 0.25) is 0 Å². The number of fused-ring (bicyclic) bond motifs is 2. The number of amides is 2. The summed E-state index contributed by atoms with van der Waals surface area (Å²) in [6.07, 6.45) is 0.0524. The highest BCUT2D eigenvalue weighted by Crippen LogP contribution is 2.29. The molecule has 3 aromatic carbocycles. The van der Waals surface area contributed by atoms with E-state index in [2.05, 4.69) is 28.7 Å². The van der Waals surface area contributed by atoms with Crippen molar-refractivity contribution in [3.8, 4) is 0 Å². The third-order valence-corrected chi connectivity index (χ3v) is 6.11. The number of carbonyl (C=O) groups excluding carboxylic acids is 3. The van der Waals surface area contributed by atoms with E-state index in [1.165, 1.54) is 4.90 Å². The minimum Gasteiger partial charge on any atom is -0.466 e. The predicted molar refractivity (Wildman–Crippen MR) is 131 cm³/mol. The number of anilines is 1. The Hall–Kier alpha value is -2.94. The summed E-state index contributed by atoms with van der Waals surface area (Å²) in [7, 11) is 0. The van der Waals surface area contributed by atoms with Crippen LogP contribution in [0.4, 0.5) is 5.69 Å². The van der Waals surface area contributed by atoms with Crippen LogP contribution in [0.5, 0.6) is 0 Å². The number of nitrogens with zero attached hydrogens (tertiary/aromatic N) is 2. The highest BCUT2D eigenvalue weighted by atomic mass is 127. The molecule has 7 heteroatoms. The standard InChI is InChI=1S/C25H23IN2O4/c1-2-32-24(30)11-12-27-16-23(29)28(22-10-9-20(26)14-21(22)25(27)31)15-17-7-8-18-5-3-4-6-19(18)13-17/h3-10,13-14H,2,11-12,15-16H2,1H3. The Balaban J connectivity index is 1.65. The van der Waals surface area contributed by atoms with Crippen LogP contribution >= 0.6 is 22.6 Å². The molecule has 3 aromatic rings. The van der Waals surface area contributed by atoms with E-state index in [9.17, 15) is 14.4 Å². The Bertz CT molecular complexity index is 1190. The molecule has 0 bridgehead atoms. The smallest absolute Gasteiger partial charge is 0.307 e. The second kappa shape index (κ2) is 9.68. The van der Waals surface area contributed by atoms with Gasteiger partial charge < -0.3 is 14.5 Å². The first-order valence-corrected chi connectivity index (χ1v) is 11.6. The molecular weight excluding hydrogens is 519 g/mol. The minimum absolute atomic E-state index is 0.0524. The molecule has 0 unspecified atom stereocenters. The lowest BCUT2D eigenvalue weighted by atomic mass is 10.1. The summed E-state index contributed by atoms with van der Waals surface area (Å²) in [5.74, 6) is -0.819. The number of halogens is 1. The van der Waals surface area contributed by atoms with E-state index in [0.29, 0.717) is 17.8 Å². The highest BCUT2D eigenvalue weighted by Gasteiger charge is 2.32. The van der Waals surface area contributed by atoms with Crippen molar-refractivity contribution < 1.29 is 19.1 Å². The zero-order valence-electron chi connectivity index (χ0n) is 17.7. The average molecular weight is 542 g/mol. The van der Waals surface area contributed by atoms with Gasteiger partial charge in [-0.1, -0.05) is 36.4 Å². The van der Waals surface area contributed by atoms with Crippen molar-refractivity contribution in [1.82, 2.24) is 4.90 Å². The van der Waals surface area contributed by atoms with Gasteiger partial charge in [0.05, 0.1) is 30.8 Å². The van der Waals surface area contributed by atoms with Gasteiger partial charge in [0.15, 0.2) is 0 Å². The maximum Gasteiger partial charge on any atom is 0.307 e. The van der Waals surface area contributed by atoms with Crippen LogP contribution in [0.1, 0.15) is 29.3 Å². The van der Waals surface area contributed by atoms with Gasteiger partial charge in [0.1, 0.15) is 6.54 Å². The summed E-state index contributed by atoms with van der Waals surface area (Å²) in [5.41, 5.74) is 2.04. The maximum absolute atomic E-state index is 13.3. The second-order valence-corrected chi connectivity index (χ2v) is 8.85. The zero-order chi connectivity index (χ0) is 22.7. The lowest BCUT2D eigenvalue weighted by molar-refractivity contribution is -0.143. The number of rotatable bonds is 6. The summed E-state index contributed by atoms with van der Waals surface area (Å²) < 4.78 is 5.88. The third kappa shape index (κ3) is 4.77. The summed E-state index contributed by atoms with van der Waals surface area (Å²) in [5, 5.41) is 2.23. The van der Waals surface area contributed by atoms with Gasteiger partial charge in [0.2, 0.25) is 5.91 Å². The Kier molecular flexibility index (Phi) is 6.74. The Morgan fingerprint density at radius 2 is 1.81 bits per heavy atom. The first-order chi connectivity index (χ1) is 15.5. The minimum atomic E-state index is -0.382. The van der Waals surface area contributed by atoms with Crippen molar-refractivity contribution >= 4 is 56.8 Å². The third-order valence-electron chi connectivity index (χ3n) is 5.44. The Morgan fingerprint density at radius 3 is 2.59 bits per heavy atom. The predicted octanol–water partition coefficient (Wildman–Crippen LogP) is 4.39. The number of benzene rings is 3. The van der Waals surface area contributed by atoms with Crippen LogP contribution in [0.3, 0.4) is 0 Å². The first-order valence-electron chi connectivity index (χ1n) is 10.5. The topological polar surface area (TPSA) is 66.9 Å². The summed E-state index contributed by atoms with van der Waals surface area (Å²) >= 11 is 2.16. The fourth-order valence-corrected chi connectivity index (χ4v) is 4.36. The molecule has 0 saturated carbocycles. The van der Waals surface area contributed by atoms with Crippen molar-refractivity contribution in [3.05, 3.63) is 75.4 Å². The van der Waals surface area contributed by atoms with Crippen molar-refractivity contribution in [3.63, 3.8) is 0 Å². The molecule has 0 aromatic heterocycles. The van der Waals surface area contributed by atoms with E-state index in [1.807, 2.05) is 48.5 Å². The molecule has 6 nitrogen and oxygen atoms in total. The molecule has 4 rings (SSSR count). The Labute approximate surface area is 200 Å². The number of hydrogen-bond acceptors (Lipinski definition) is 4.